The van der Waals surface area contributed by atoms with Crippen LogP contribution >= 0.6 is 15.6 Å². The van der Waals surface area contributed by atoms with E-state index in [0.717, 1.165) is 0 Å². The van der Waals surface area contributed by atoms with E-state index in [0.29, 0.717) is 0 Å². The third kappa shape index (κ3) is 824. The summed E-state index contributed by atoms with van der Waals surface area (Å²) in [5.41, 5.74) is 0. The molecule has 0 amide bonds. The van der Waals surface area contributed by atoms with Crippen LogP contribution < -0.4 is 29.4 Å². The van der Waals surface area contributed by atoms with Crippen LogP contribution in [0.3, 0.4) is 0 Å². The van der Waals surface area contributed by atoms with E-state index in [4.69, 9.17) is 38.5 Å². The molecule has 0 spiro atoms. The molecule has 0 aromatic carbocycles. The van der Waals surface area contributed by atoms with Crippen molar-refractivity contribution in [2.75, 3.05) is 0 Å². The molecule has 0 saturated heterocycles. The SMILES string of the molecule is O.O=P([O-])([O-])[O-].O=P([O-])([O-])[O-].[Fe+3].[H+].[Mg+2]. The monoisotopic (exact) mass is 289 g/mol. The summed E-state index contributed by atoms with van der Waals surface area (Å²) in [6.45, 7) is 0. The molecule has 0 rings (SSSR count). The number of rotatable bonds is 0. The van der Waals surface area contributed by atoms with Crippen molar-refractivity contribution in [3.63, 3.8) is 0 Å². The van der Waals surface area contributed by atoms with Crippen LogP contribution in [0.25, 0.3) is 0 Å². The predicted octanol–water partition coefficient (Wildman–Crippen LogP) is -6.74. The Bertz CT molecular complexity index is 135. The maximum Gasteiger partial charge on any atom is 3.00 e. The fraction of sp³-hybridized carbons (Fsp3) is 0. The van der Waals surface area contributed by atoms with Crippen LogP contribution in [0.4, 0.5) is 0 Å². The second-order valence-corrected chi connectivity index (χ2v) is 2.68. The predicted molar refractivity (Wildman–Crippen MR) is 25.7 cm³/mol. The molecule has 13 heteroatoms. The smallest absolute Gasteiger partial charge is 0.822 e. The van der Waals surface area contributed by atoms with Crippen molar-refractivity contribution >= 4 is 38.7 Å². The van der Waals surface area contributed by atoms with Gasteiger partial charge in [0.05, 0.1) is 0 Å². The summed E-state index contributed by atoms with van der Waals surface area (Å²) in [6, 6.07) is 0. The van der Waals surface area contributed by atoms with E-state index in [-0.39, 0.29) is 47.0 Å². The summed E-state index contributed by atoms with van der Waals surface area (Å²) in [5.74, 6) is 0. The minimum atomic E-state index is -5.39. The molecule has 0 unspecified atom stereocenters. The Morgan fingerprint density at radius 2 is 0.769 bits per heavy atom. The second-order valence-electron chi connectivity index (χ2n) is 0.894. The van der Waals surface area contributed by atoms with E-state index in [1.807, 2.05) is 0 Å². The van der Waals surface area contributed by atoms with Gasteiger partial charge in [-0.15, -0.1) is 0 Å². The summed E-state index contributed by atoms with van der Waals surface area (Å²) in [7, 11) is -10.8. The van der Waals surface area contributed by atoms with Crippen molar-refractivity contribution in [1.82, 2.24) is 0 Å². The summed E-state index contributed by atoms with van der Waals surface area (Å²) in [6.07, 6.45) is 0. The van der Waals surface area contributed by atoms with E-state index in [1.54, 1.807) is 0 Å². The molecule has 0 bridgehead atoms. The largest absolute Gasteiger partial charge is 3.00 e. The standard InChI is InChI=1S/Fe.Mg.2H3O4P.H2O/c;;2*1-5(2,3)4;/h;;2*(H3,1,2,3,4);1H2/q+3;+2;;;/p-5. The van der Waals surface area contributed by atoms with E-state index >= 15 is 0 Å². The van der Waals surface area contributed by atoms with Gasteiger partial charge < -0.3 is 44.0 Å². The van der Waals surface area contributed by atoms with Gasteiger partial charge in [0.25, 0.3) is 0 Å². The van der Waals surface area contributed by atoms with Crippen molar-refractivity contribution in [2.45, 2.75) is 0 Å². The third-order valence-electron chi connectivity index (χ3n) is 0. The van der Waals surface area contributed by atoms with Crippen molar-refractivity contribution in [1.29, 1.82) is 0 Å². The number of hydrogen-bond donors (Lipinski definition) is 0. The van der Waals surface area contributed by atoms with Crippen LogP contribution in [-0.4, -0.2) is 28.5 Å². The minimum absolute atomic E-state index is 0. The second kappa shape index (κ2) is 11.5. The van der Waals surface area contributed by atoms with Crippen molar-refractivity contribution < 1.29 is 62.5 Å². The van der Waals surface area contributed by atoms with Gasteiger partial charge >= 0.3 is 41.5 Å². The van der Waals surface area contributed by atoms with Crippen molar-refractivity contribution in [3.05, 3.63) is 0 Å². The first kappa shape index (κ1) is 29.3. The zero-order chi connectivity index (χ0) is 9.00. The quantitative estimate of drug-likeness (QED) is 0.308. The Morgan fingerprint density at radius 3 is 0.769 bits per heavy atom. The van der Waals surface area contributed by atoms with Crippen LogP contribution in [0.2, 0.25) is 0 Å². The van der Waals surface area contributed by atoms with Crippen LogP contribution in [0.5, 0.6) is 0 Å². The fourth-order valence-electron chi connectivity index (χ4n) is 0. The summed E-state index contributed by atoms with van der Waals surface area (Å²) >= 11 is 0. The van der Waals surface area contributed by atoms with Gasteiger partial charge in [-0.25, -0.2) is 0 Å². The normalized spacial score (nSPS) is 9.08. The maximum absolute atomic E-state index is 8.55. The van der Waals surface area contributed by atoms with Gasteiger partial charge in [-0.05, 0) is 0 Å². The van der Waals surface area contributed by atoms with Gasteiger partial charge in [-0.1, -0.05) is 0 Å². The van der Waals surface area contributed by atoms with Gasteiger partial charge in [0.2, 0.25) is 0 Å². The molecule has 1 radical (unpaired) electrons. The fourth-order valence-corrected chi connectivity index (χ4v) is 0. The Balaban J connectivity index is -0.0000000178. The molecule has 0 atom stereocenters. The number of phosphoric acid groups is 2. The van der Waals surface area contributed by atoms with Crippen LogP contribution in [0.15, 0.2) is 0 Å². The molecule has 13 heavy (non-hydrogen) atoms. The van der Waals surface area contributed by atoms with E-state index in [2.05, 4.69) is 0 Å². The number of hydrogen-bond acceptors (Lipinski definition) is 8. The van der Waals surface area contributed by atoms with Crippen molar-refractivity contribution in [2.24, 2.45) is 0 Å². The first-order valence-electron chi connectivity index (χ1n) is 1.46. The molecule has 9 nitrogen and oxygen atoms in total. The summed E-state index contributed by atoms with van der Waals surface area (Å²) < 4.78 is 17.1. The molecular formula is H3FeMgO9P2. The average Bonchev–Trinajstić information content (AvgIpc) is 1.12. The molecule has 77 valence electrons. The molecule has 0 aliphatic carbocycles. The molecule has 0 aliphatic rings. The Labute approximate surface area is 101 Å². The minimum Gasteiger partial charge on any atom is -0.822 e. The van der Waals surface area contributed by atoms with E-state index < -0.39 is 15.6 Å². The van der Waals surface area contributed by atoms with Gasteiger partial charge in [0.1, 0.15) is 0 Å². The third-order valence-corrected chi connectivity index (χ3v) is 0. The van der Waals surface area contributed by atoms with Crippen LogP contribution in [-0.2, 0) is 26.2 Å². The molecule has 0 fully saturated rings. The summed E-state index contributed by atoms with van der Waals surface area (Å²) in [5, 5.41) is 0. The van der Waals surface area contributed by atoms with E-state index in [1.165, 1.54) is 0 Å². The van der Waals surface area contributed by atoms with Gasteiger partial charge in [0, 0.05) is 0 Å². The van der Waals surface area contributed by atoms with Gasteiger partial charge in [-0.2, -0.15) is 15.6 Å². The molecule has 0 saturated carbocycles. The zero-order valence-electron chi connectivity index (χ0n) is 6.72. The summed E-state index contributed by atoms with van der Waals surface area (Å²) in [4.78, 5) is 51.3. The van der Waals surface area contributed by atoms with E-state index in [9.17, 15) is 0 Å². The maximum atomic E-state index is 8.55. The first-order chi connectivity index (χ1) is 4.00. The Kier molecular flexibility index (Phi) is 26.0. The molecule has 0 aliphatic heterocycles. The molecule has 0 aromatic heterocycles. The Morgan fingerprint density at radius 1 is 0.769 bits per heavy atom. The average molecular weight is 289 g/mol. The van der Waals surface area contributed by atoms with Gasteiger partial charge in [0.15, 0.2) is 0 Å². The molecular weight excluding hydrogens is 286 g/mol. The molecule has 0 heterocycles. The van der Waals surface area contributed by atoms with Crippen LogP contribution in [0, 0.1) is 0 Å². The topological polar surface area (TPSA) is 204 Å². The molecule has 2 N–H and O–H groups in total. The first-order valence-corrected chi connectivity index (χ1v) is 4.38. The van der Waals surface area contributed by atoms with Crippen LogP contribution in [0.1, 0.15) is 1.43 Å². The molecule has 0 aromatic rings. The zero-order valence-corrected chi connectivity index (χ0v) is 10.0. The van der Waals surface area contributed by atoms with Crippen molar-refractivity contribution in [3.8, 4) is 0 Å². The van der Waals surface area contributed by atoms with Gasteiger partial charge in [-0.3, -0.25) is 0 Å². The Hall–Kier alpha value is 1.47.